The summed E-state index contributed by atoms with van der Waals surface area (Å²) in [7, 11) is 0. The highest BCUT2D eigenvalue weighted by Crippen LogP contribution is 2.22. The number of hydrogen-bond donors (Lipinski definition) is 1. The van der Waals surface area contributed by atoms with Gasteiger partial charge in [0.25, 0.3) is 0 Å². The van der Waals surface area contributed by atoms with Gasteiger partial charge in [-0.25, -0.2) is 0 Å². The van der Waals surface area contributed by atoms with E-state index < -0.39 is 0 Å². The Kier molecular flexibility index (Phi) is 4.87. The number of thioether (sulfide) groups is 1. The van der Waals surface area contributed by atoms with Crippen LogP contribution >= 0.6 is 23.1 Å². The van der Waals surface area contributed by atoms with Crippen LogP contribution in [0.5, 0.6) is 0 Å². The molecule has 1 aromatic heterocycles. The molecule has 0 aliphatic rings. The first-order valence-electron chi connectivity index (χ1n) is 6.11. The first-order chi connectivity index (χ1) is 8.69. The molecule has 0 radical (unpaired) electrons. The smallest absolute Gasteiger partial charge is 0.0388 e. The summed E-state index contributed by atoms with van der Waals surface area (Å²) in [4.78, 5) is 4.11. The molecule has 0 saturated heterocycles. The molecule has 1 N–H and O–H groups in total. The van der Waals surface area contributed by atoms with E-state index in [2.05, 4.69) is 61.8 Å². The number of rotatable bonds is 5. The van der Waals surface area contributed by atoms with E-state index in [9.17, 15) is 0 Å². The van der Waals surface area contributed by atoms with Gasteiger partial charge in [0.15, 0.2) is 0 Å². The molecule has 1 unspecified atom stereocenters. The summed E-state index contributed by atoms with van der Waals surface area (Å²) in [6.45, 7) is 5.30. The van der Waals surface area contributed by atoms with Crippen molar-refractivity contribution in [1.82, 2.24) is 5.32 Å². The summed E-state index contributed by atoms with van der Waals surface area (Å²) in [5, 5.41) is 3.57. The maximum atomic E-state index is 3.57. The lowest BCUT2D eigenvalue weighted by atomic mass is 10.2. The fraction of sp³-hybridized carbons (Fsp3) is 0.333. The molecular weight excluding hydrogens is 258 g/mol. The van der Waals surface area contributed by atoms with Gasteiger partial charge in [-0.3, -0.25) is 0 Å². The second-order valence-corrected chi connectivity index (χ2v) is 6.60. The fourth-order valence-corrected chi connectivity index (χ4v) is 3.11. The number of thiophene rings is 1. The Labute approximate surface area is 118 Å². The molecule has 96 valence electrons. The van der Waals surface area contributed by atoms with Gasteiger partial charge >= 0.3 is 0 Å². The van der Waals surface area contributed by atoms with Gasteiger partial charge in [-0.2, -0.15) is 0 Å². The van der Waals surface area contributed by atoms with Crippen molar-refractivity contribution in [2.45, 2.75) is 31.3 Å². The van der Waals surface area contributed by atoms with Crippen molar-refractivity contribution < 1.29 is 0 Å². The zero-order chi connectivity index (χ0) is 13.0. The molecule has 1 aromatic carbocycles. The normalized spacial score (nSPS) is 12.6. The average molecular weight is 277 g/mol. The lowest BCUT2D eigenvalue weighted by Crippen LogP contribution is -2.16. The molecule has 3 heteroatoms. The highest BCUT2D eigenvalue weighted by atomic mass is 32.2. The Morgan fingerprint density at radius 3 is 2.44 bits per heavy atom. The molecule has 1 heterocycles. The third kappa shape index (κ3) is 3.61. The van der Waals surface area contributed by atoms with Crippen LogP contribution in [-0.2, 0) is 6.54 Å². The number of aryl methyl sites for hydroxylation is 1. The summed E-state index contributed by atoms with van der Waals surface area (Å²) in [5.41, 5.74) is 1.34. The Morgan fingerprint density at radius 2 is 1.89 bits per heavy atom. The first-order valence-corrected chi connectivity index (χ1v) is 8.16. The second kappa shape index (κ2) is 6.41. The predicted molar refractivity (Wildman–Crippen MR) is 82.5 cm³/mol. The van der Waals surface area contributed by atoms with E-state index in [0.717, 1.165) is 6.54 Å². The molecule has 0 amide bonds. The second-order valence-electron chi connectivity index (χ2n) is 4.40. The Hall–Kier alpha value is -0.770. The fourth-order valence-electron chi connectivity index (χ4n) is 1.80. The number of hydrogen-bond acceptors (Lipinski definition) is 3. The van der Waals surface area contributed by atoms with E-state index in [1.807, 2.05) is 11.3 Å². The van der Waals surface area contributed by atoms with Crippen LogP contribution in [0.1, 0.15) is 28.3 Å². The summed E-state index contributed by atoms with van der Waals surface area (Å²) >= 11 is 3.65. The maximum absolute atomic E-state index is 3.57. The van der Waals surface area contributed by atoms with Crippen LogP contribution in [0, 0.1) is 6.92 Å². The van der Waals surface area contributed by atoms with Crippen LogP contribution in [0.2, 0.25) is 0 Å². The minimum atomic E-state index is 0.420. The van der Waals surface area contributed by atoms with Crippen LogP contribution in [0.4, 0.5) is 0 Å². The summed E-state index contributed by atoms with van der Waals surface area (Å²) < 4.78 is 0. The molecule has 18 heavy (non-hydrogen) atoms. The van der Waals surface area contributed by atoms with Crippen LogP contribution in [0.25, 0.3) is 0 Å². The summed E-state index contributed by atoms with van der Waals surface area (Å²) in [5.74, 6) is 0. The minimum absolute atomic E-state index is 0.420. The molecule has 0 bridgehead atoms. The van der Waals surface area contributed by atoms with Crippen molar-refractivity contribution in [2.75, 3.05) is 6.26 Å². The van der Waals surface area contributed by atoms with Gasteiger partial charge < -0.3 is 5.32 Å². The standard InChI is InChI=1S/C15H19NS2/c1-11-4-9-15(18-11)12(2)16-10-13-5-7-14(17-3)8-6-13/h4-9,12,16H,10H2,1-3H3. The minimum Gasteiger partial charge on any atom is -0.305 e. The van der Waals surface area contributed by atoms with Crippen LogP contribution in [0.3, 0.4) is 0 Å². The molecule has 2 aromatic rings. The lowest BCUT2D eigenvalue weighted by molar-refractivity contribution is 0.583. The molecule has 0 fully saturated rings. The zero-order valence-electron chi connectivity index (χ0n) is 11.1. The van der Waals surface area contributed by atoms with Crippen LogP contribution in [0.15, 0.2) is 41.3 Å². The van der Waals surface area contributed by atoms with Gasteiger partial charge in [0.1, 0.15) is 0 Å². The topological polar surface area (TPSA) is 12.0 Å². The van der Waals surface area contributed by atoms with Gasteiger partial charge in [-0.15, -0.1) is 23.1 Å². The van der Waals surface area contributed by atoms with Crippen molar-refractivity contribution in [3.8, 4) is 0 Å². The highest BCUT2D eigenvalue weighted by Gasteiger charge is 2.06. The summed E-state index contributed by atoms with van der Waals surface area (Å²) in [6.07, 6.45) is 2.11. The van der Waals surface area contributed by atoms with E-state index >= 15 is 0 Å². The third-order valence-corrected chi connectivity index (χ3v) is 4.89. The number of benzene rings is 1. The van der Waals surface area contributed by atoms with Gasteiger partial charge in [0.2, 0.25) is 0 Å². The largest absolute Gasteiger partial charge is 0.305 e. The van der Waals surface area contributed by atoms with E-state index in [0.29, 0.717) is 6.04 Å². The first kappa shape index (κ1) is 13.7. The third-order valence-electron chi connectivity index (χ3n) is 2.96. The number of nitrogens with one attached hydrogen (secondary N) is 1. The molecule has 0 aliphatic heterocycles. The van der Waals surface area contributed by atoms with Gasteiger partial charge in [0.05, 0.1) is 0 Å². The Bertz CT molecular complexity index is 487. The van der Waals surface area contributed by atoms with Crippen LogP contribution < -0.4 is 5.32 Å². The molecule has 0 spiro atoms. The Morgan fingerprint density at radius 1 is 1.17 bits per heavy atom. The van der Waals surface area contributed by atoms with E-state index in [-0.39, 0.29) is 0 Å². The molecule has 1 nitrogen and oxygen atoms in total. The van der Waals surface area contributed by atoms with Gasteiger partial charge in [-0.1, -0.05) is 12.1 Å². The quantitative estimate of drug-likeness (QED) is 0.800. The zero-order valence-corrected chi connectivity index (χ0v) is 12.7. The molecule has 1 atom stereocenters. The SMILES string of the molecule is CSc1ccc(CNC(C)c2ccc(C)s2)cc1. The highest BCUT2D eigenvalue weighted by molar-refractivity contribution is 7.98. The maximum Gasteiger partial charge on any atom is 0.0388 e. The van der Waals surface area contributed by atoms with Crippen molar-refractivity contribution in [1.29, 1.82) is 0 Å². The van der Waals surface area contributed by atoms with Gasteiger partial charge in [0, 0.05) is 27.2 Å². The monoisotopic (exact) mass is 277 g/mol. The molecular formula is C15H19NS2. The predicted octanol–water partition coefficient (Wildman–Crippen LogP) is 4.63. The Balaban J connectivity index is 1.90. The average Bonchev–Trinajstić information content (AvgIpc) is 2.83. The van der Waals surface area contributed by atoms with E-state index in [1.54, 1.807) is 11.8 Å². The van der Waals surface area contributed by atoms with Crippen molar-refractivity contribution in [2.24, 2.45) is 0 Å². The summed E-state index contributed by atoms with van der Waals surface area (Å²) in [6, 6.07) is 13.6. The molecule has 2 rings (SSSR count). The van der Waals surface area contributed by atoms with Gasteiger partial charge in [-0.05, 0) is 49.9 Å². The molecule has 0 saturated carbocycles. The van der Waals surface area contributed by atoms with E-state index in [1.165, 1.54) is 20.2 Å². The van der Waals surface area contributed by atoms with Crippen molar-refractivity contribution >= 4 is 23.1 Å². The van der Waals surface area contributed by atoms with Crippen molar-refractivity contribution in [3.63, 3.8) is 0 Å². The lowest BCUT2D eigenvalue weighted by Gasteiger charge is -2.12. The van der Waals surface area contributed by atoms with Crippen LogP contribution in [-0.4, -0.2) is 6.26 Å². The molecule has 0 aliphatic carbocycles. The van der Waals surface area contributed by atoms with Crippen molar-refractivity contribution in [3.05, 3.63) is 51.7 Å². The van der Waals surface area contributed by atoms with E-state index in [4.69, 9.17) is 0 Å².